The smallest absolute Gasteiger partial charge is 0.410 e. The number of rotatable bonds is 5. The van der Waals surface area contributed by atoms with E-state index in [4.69, 9.17) is 4.74 Å². The Morgan fingerprint density at radius 1 is 1.19 bits per heavy atom. The van der Waals surface area contributed by atoms with Gasteiger partial charge in [-0.25, -0.2) is 17.6 Å². The van der Waals surface area contributed by atoms with Crippen molar-refractivity contribution < 1.29 is 22.3 Å². The van der Waals surface area contributed by atoms with E-state index >= 15 is 0 Å². The van der Waals surface area contributed by atoms with E-state index in [0.717, 1.165) is 11.6 Å². The summed E-state index contributed by atoms with van der Waals surface area (Å²) in [5, 5.41) is 3.10. The molecule has 0 radical (unpaired) electrons. The normalized spacial score (nSPS) is 17.5. The number of nitrogens with one attached hydrogen (secondary N) is 1. The molecule has 2 aromatic carbocycles. The van der Waals surface area contributed by atoms with E-state index in [1.54, 1.807) is 0 Å². The van der Waals surface area contributed by atoms with Gasteiger partial charge in [-0.2, -0.15) is 0 Å². The molecule has 1 amide bonds. The van der Waals surface area contributed by atoms with E-state index in [0.29, 0.717) is 13.1 Å². The van der Waals surface area contributed by atoms with Crippen LogP contribution in [0, 0.1) is 5.82 Å². The van der Waals surface area contributed by atoms with Gasteiger partial charge in [-0.05, 0) is 23.8 Å². The van der Waals surface area contributed by atoms with Crippen molar-refractivity contribution in [3.8, 4) is 0 Å². The maximum Gasteiger partial charge on any atom is 0.410 e. The van der Waals surface area contributed by atoms with Crippen LogP contribution in [0.1, 0.15) is 5.56 Å². The molecule has 27 heavy (non-hydrogen) atoms. The number of amides is 1. The Morgan fingerprint density at radius 2 is 1.96 bits per heavy atom. The maximum atomic E-state index is 13.3. The molecule has 0 saturated carbocycles. The SMILES string of the molecule is O=C(OCc1ccccc1)N1CCN[C@H](CS(=O)(=O)c2cccc(F)c2)C1. The van der Waals surface area contributed by atoms with Crippen LogP contribution in [0.5, 0.6) is 0 Å². The largest absolute Gasteiger partial charge is 0.445 e. The van der Waals surface area contributed by atoms with Crippen LogP contribution in [-0.4, -0.2) is 50.8 Å². The molecule has 144 valence electrons. The van der Waals surface area contributed by atoms with E-state index in [9.17, 15) is 17.6 Å². The Kier molecular flexibility index (Phi) is 6.08. The minimum atomic E-state index is -3.67. The van der Waals surface area contributed by atoms with Gasteiger partial charge in [0.15, 0.2) is 9.84 Å². The maximum absolute atomic E-state index is 13.3. The molecule has 2 aromatic rings. The summed E-state index contributed by atoms with van der Waals surface area (Å²) in [6.45, 7) is 1.27. The first-order valence-electron chi connectivity index (χ1n) is 8.61. The molecule has 6 nitrogen and oxygen atoms in total. The second kappa shape index (κ2) is 8.49. The van der Waals surface area contributed by atoms with Crippen LogP contribution in [0.4, 0.5) is 9.18 Å². The molecule has 1 saturated heterocycles. The number of sulfone groups is 1. The highest BCUT2D eigenvalue weighted by atomic mass is 32.2. The number of carbonyl (C=O) groups is 1. The first-order chi connectivity index (χ1) is 12.9. The minimum Gasteiger partial charge on any atom is -0.445 e. The van der Waals surface area contributed by atoms with Crippen molar-refractivity contribution in [1.82, 2.24) is 10.2 Å². The van der Waals surface area contributed by atoms with Gasteiger partial charge in [-0.15, -0.1) is 0 Å². The number of halogens is 1. The van der Waals surface area contributed by atoms with Crippen LogP contribution >= 0.6 is 0 Å². The van der Waals surface area contributed by atoms with Gasteiger partial charge in [-0.3, -0.25) is 0 Å². The highest BCUT2D eigenvalue weighted by molar-refractivity contribution is 7.91. The molecule has 0 unspecified atom stereocenters. The van der Waals surface area contributed by atoms with Crippen molar-refractivity contribution in [3.63, 3.8) is 0 Å². The lowest BCUT2D eigenvalue weighted by Gasteiger charge is -2.32. The Balaban J connectivity index is 1.58. The van der Waals surface area contributed by atoms with Gasteiger partial charge in [0, 0.05) is 25.7 Å². The molecule has 0 bridgehead atoms. The zero-order chi connectivity index (χ0) is 19.3. The number of piperazine rings is 1. The lowest BCUT2D eigenvalue weighted by Crippen LogP contribution is -2.55. The highest BCUT2D eigenvalue weighted by Gasteiger charge is 2.29. The molecule has 1 atom stereocenters. The van der Waals surface area contributed by atoms with E-state index in [1.165, 1.54) is 23.1 Å². The van der Waals surface area contributed by atoms with Crippen LogP contribution in [0.25, 0.3) is 0 Å². The monoisotopic (exact) mass is 392 g/mol. The van der Waals surface area contributed by atoms with Crippen LogP contribution in [0.2, 0.25) is 0 Å². The van der Waals surface area contributed by atoms with E-state index in [1.807, 2.05) is 30.3 Å². The summed E-state index contributed by atoms with van der Waals surface area (Å²) in [5.74, 6) is -0.822. The van der Waals surface area contributed by atoms with Crippen LogP contribution < -0.4 is 5.32 Å². The first-order valence-corrected chi connectivity index (χ1v) is 10.3. The second-order valence-electron chi connectivity index (χ2n) is 6.38. The molecule has 1 heterocycles. The van der Waals surface area contributed by atoms with Crippen molar-refractivity contribution >= 4 is 15.9 Å². The third kappa shape index (κ3) is 5.27. The molecule has 1 aliphatic rings. The van der Waals surface area contributed by atoms with E-state index in [2.05, 4.69) is 5.32 Å². The number of hydrogen-bond donors (Lipinski definition) is 1. The summed E-state index contributed by atoms with van der Waals surface area (Å²) >= 11 is 0. The van der Waals surface area contributed by atoms with Gasteiger partial charge in [0.05, 0.1) is 10.6 Å². The molecule has 1 N–H and O–H groups in total. The molecular weight excluding hydrogens is 371 g/mol. The van der Waals surface area contributed by atoms with Gasteiger partial charge in [0.2, 0.25) is 0 Å². The Hall–Kier alpha value is -2.45. The number of benzene rings is 2. The standard InChI is InChI=1S/C19H21FN2O4S/c20-16-7-4-8-18(11-16)27(24,25)14-17-12-22(10-9-21-17)19(23)26-13-15-5-2-1-3-6-15/h1-8,11,17,21H,9-10,12-14H2/t17-/m0/s1. The average Bonchev–Trinajstić information content (AvgIpc) is 2.67. The molecule has 3 rings (SSSR count). The summed E-state index contributed by atoms with van der Waals surface area (Å²) in [4.78, 5) is 13.7. The Morgan fingerprint density at radius 3 is 2.70 bits per heavy atom. The predicted octanol–water partition coefficient (Wildman–Crippen LogP) is 2.21. The van der Waals surface area contributed by atoms with Gasteiger partial charge in [0.1, 0.15) is 12.4 Å². The quantitative estimate of drug-likeness (QED) is 0.844. The van der Waals surface area contributed by atoms with Gasteiger partial charge >= 0.3 is 6.09 Å². The van der Waals surface area contributed by atoms with Gasteiger partial charge < -0.3 is 15.0 Å². The third-order valence-corrected chi connectivity index (χ3v) is 6.11. The van der Waals surface area contributed by atoms with Crippen molar-refractivity contribution in [1.29, 1.82) is 0 Å². The predicted molar refractivity (Wildman–Crippen MR) is 98.4 cm³/mol. The van der Waals surface area contributed by atoms with Crippen molar-refractivity contribution in [3.05, 3.63) is 66.0 Å². The zero-order valence-electron chi connectivity index (χ0n) is 14.7. The Labute approximate surface area is 157 Å². The second-order valence-corrected chi connectivity index (χ2v) is 8.41. The zero-order valence-corrected chi connectivity index (χ0v) is 15.5. The third-order valence-electron chi connectivity index (χ3n) is 4.29. The molecular formula is C19H21FN2O4S. The first kappa shape index (κ1) is 19.3. The fraction of sp³-hybridized carbons (Fsp3) is 0.316. The van der Waals surface area contributed by atoms with Crippen LogP contribution in [-0.2, 0) is 21.2 Å². The lowest BCUT2D eigenvalue weighted by atomic mass is 10.2. The lowest BCUT2D eigenvalue weighted by molar-refractivity contribution is 0.0864. The summed E-state index contributed by atoms with van der Waals surface area (Å²) in [7, 11) is -3.67. The molecule has 0 aliphatic carbocycles. The molecule has 1 fully saturated rings. The Bertz CT molecular complexity index is 890. The fourth-order valence-corrected chi connectivity index (χ4v) is 4.46. The van der Waals surface area contributed by atoms with Crippen molar-refractivity contribution in [2.45, 2.75) is 17.5 Å². The van der Waals surface area contributed by atoms with Crippen molar-refractivity contribution in [2.75, 3.05) is 25.4 Å². The molecule has 8 heteroatoms. The average molecular weight is 392 g/mol. The molecule has 0 spiro atoms. The molecule has 0 aromatic heterocycles. The number of ether oxygens (including phenoxy) is 1. The van der Waals surface area contributed by atoms with Gasteiger partial charge in [0.25, 0.3) is 0 Å². The van der Waals surface area contributed by atoms with E-state index < -0.39 is 27.8 Å². The van der Waals surface area contributed by atoms with Gasteiger partial charge in [-0.1, -0.05) is 36.4 Å². The number of nitrogens with zero attached hydrogens (tertiary/aromatic N) is 1. The highest BCUT2D eigenvalue weighted by Crippen LogP contribution is 2.15. The summed E-state index contributed by atoms with van der Waals surface area (Å²) in [5.41, 5.74) is 0.881. The summed E-state index contributed by atoms with van der Waals surface area (Å²) in [6, 6.07) is 13.8. The summed E-state index contributed by atoms with van der Waals surface area (Å²) < 4.78 is 43.6. The number of carbonyl (C=O) groups excluding carboxylic acids is 1. The minimum absolute atomic E-state index is 0.0620. The van der Waals surface area contributed by atoms with E-state index in [-0.39, 0.29) is 23.8 Å². The summed E-state index contributed by atoms with van der Waals surface area (Å²) in [6.07, 6.45) is -0.478. The van der Waals surface area contributed by atoms with Crippen LogP contribution in [0.3, 0.4) is 0 Å². The topological polar surface area (TPSA) is 75.7 Å². The molecule has 1 aliphatic heterocycles. The fourth-order valence-electron chi connectivity index (χ4n) is 2.94. The van der Waals surface area contributed by atoms with Crippen molar-refractivity contribution in [2.24, 2.45) is 0 Å². The van der Waals surface area contributed by atoms with Crippen LogP contribution in [0.15, 0.2) is 59.5 Å². The number of hydrogen-bond acceptors (Lipinski definition) is 5.